The van der Waals surface area contributed by atoms with E-state index >= 15 is 0 Å². The fourth-order valence-electron chi connectivity index (χ4n) is 3.62. The minimum atomic E-state index is -0.211. The summed E-state index contributed by atoms with van der Waals surface area (Å²) in [6.07, 6.45) is 4.06. The SMILES string of the molecule is COCCNC(=O)c1cn(C[C@@H]2CCCN2Cc2ccc(C(C)C)cc2)nn1. The van der Waals surface area contributed by atoms with Crippen LogP contribution in [0.25, 0.3) is 0 Å². The Kier molecular flexibility index (Phi) is 7.17. The first-order chi connectivity index (χ1) is 13.6. The van der Waals surface area contributed by atoms with E-state index < -0.39 is 0 Å². The summed E-state index contributed by atoms with van der Waals surface area (Å²) >= 11 is 0. The molecule has 1 amide bonds. The van der Waals surface area contributed by atoms with Crippen LogP contribution in [0.3, 0.4) is 0 Å². The smallest absolute Gasteiger partial charge is 0.273 e. The highest BCUT2D eigenvalue weighted by Gasteiger charge is 2.25. The van der Waals surface area contributed by atoms with E-state index in [1.807, 2.05) is 0 Å². The normalized spacial score (nSPS) is 17.4. The Morgan fingerprint density at radius 3 is 2.82 bits per heavy atom. The lowest BCUT2D eigenvalue weighted by Crippen LogP contribution is -2.32. The highest BCUT2D eigenvalue weighted by atomic mass is 16.5. The number of nitrogens with zero attached hydrogens (tertiary/aromatic N) is 4. The van der Waals surface area contributed by atoms with E-state index in [2.05, 4.69) is 58.6 Å². The molecule has 1 aliphatic heterocycles. The second-order valence-corrected chi connectivity index (χ2v) is 7.74. The topological polar surface area (TPSA) is 72.3 Å². The van der Waals surface area contributed by atoms with Crippen molar-refractivity contribution in [2.24, 2.45) is 0 Å². The van der Waals surface area contributed by atoms with Gasteiger partial charge in [-0.05, 0) is 36.4 Å². The van der Waals surface area contributed by atoms with E-state index in [-0.39, 0.29) is 5.91 Å². The van der Waals surface area contributed by atoms with E-state index in [4.69, 9.17) is 4.74 Å². The molecule has 2 aromatic rings. The molecule has 1 aromatic heterocycles. The lowest BCUT2D eigenvalue weighted by Gasteiger charge is -2.24. The molecule has 152 valence electrons. The maximum absolute atomic E-state index is 12.1. The molecule has 1 atom stereocenters. The molecule has 1 fully saturated rings. The number of hydrogen-bond donors (Lipinski definition) is 1. The second-order valence-electron chi connectivity index (χ2n) is 7.74. The van der Waals surface area contributed by atoms with Gasteiger partial charge in [0.2, 0.25) is 0 Å². The summed E-state index contributed by atoms with van der Waals surface area (Å²) in [6, 6.07) is 9.36. The van der Waals surface area contributed by atoms with Gasteiger partial charge in [-0.25, -0.2) is 0 Å². The van der Waals surface area contributed by atoms with Crippen molar-refractivity contribution in [3.8, 4) is 0 Å². The Balaban J connectivity index is 1.55. The summed E-state index contributed by atoms with van der Waals surface area (Å²) in [5.74, 6) is 0.346. The van der Waals surface area contributed by atoms with E-state index in [1.54, 1.807) is 18.0 Å². The van der Waals surface area contributed by atoms with Crippen LogP contribution < -0.4 is 5.32 Å². The quantitative estimate of drug-likeness (QED) is 0.671. The van der Waals surface area contributed by atoms with Crippen molar-refractivity contribution in [3.63, 3.8) is 0 Å². The summed E-state index contributed by atoms with van der Waals surface area (Å²) in [7, 11) is 1.61. The van der Waals surface area contributed by atoms with Crippen LogP contribution in [-0.4, -0.2) is 58.6 Å². The molecule has 28 heavy (non-hydrogen) atoms. The van der Waals surface area contributed by atoms with Crippen molar-refractivity contribution in [2.75, 3.05) is 26.8 Å². The van der Waals surface area contributed by atoms with Gasteiger partial charge in [-0.3, -0.25) is 14.4 Å². The van der Waals surface area contributed by atoms with E-state index in [1.165, 1.54) is 17.5 Å². The molecule has 0 radical (unpaired) electrons. The highest BCUT2D eigenvalue weighted by Crippen LogP contribution is 2.22. The first-order valence-corrected chi connectivity index (χ1v) is 10.1. The van der Waals surface area contributed by atoms with Gasteiger partial charge in [0.1, 0.15) is 0 Å². The van der Waals surface area contributed by atoms with Gasteiger partial charge in [0.25, 0.3) is 5.91 Å². The summed E-state index contributed by atoms with van der Waals surface area (Å²) in [4.78, 5) is 14.6. The van der Waals surface area contributed by atoms with Crippen LogP contribution in [0.15, 0.2) is 30.5 Å². The zero-order valence-corrected chi connectivity index (χ0v) is 17.1. The van der Waals surface area contributed by atoms with Gasteiger partial charge in [0, 0.05) is 26.2 Å². The van der Waals surface area contributed by atoms with Crippen LogP contribution in [0.5, 0.6) is 0 Å². The number of methoxy groups -OCH3 is 1. The molecule has 7 nitrogen and oxygen atoms in total. The number of aromatic nitrogens is 3. The third kappa shape index (κ3) is 5.39. The van der Waals surface area contributed by atoms with Crippen LogP contribution >= 0.6 is 0 Å². The molecule has 1 N–H and O–H groups in total. The first-order valence-electron chi connectivity index (χ1n) is 10.1. The fourth-order valence-corrected chi connectivity index (χ4v) is 3.62. The van der Waals surface area contributed by atoms with Crippen molar-refractivity contribution in [1.82, 2.24) is 25.2 Å². The Morgan fingerprint density at radius 1 is 1.32 bits per heavy atom. The molecular weight excluding hydrogens is 354 g/mol. The van der Waals surface area contributed by atoms with Gasteiger partial charge in [-0.15, -0.1) is 5.10 Å². The Labute approximate surface area is 167 Å². The zero-order valence-electron chi connectivity index (χ0n) is 17.1. The summed E-state index contributed by atoms with van der Waals surface area (Å²) in [5.41, 5.74) is 3.07. The largest absolute Gasteiger partial charge is 0.383 e. The zero-order chi connectivity index (χ0) is 19.9. The standard InChI is InChI=1S/C21H31N5O2/c1-16(2)18-8-6-17(7-9-18)13-25-11-4-5-19(25)14-26-15-20(23-24-26)21(27)22-10-12-28-3/h6-9,15-16,19H,4-5,10-14H2,1-3H3,(H,22,27)/t19-/m0/s1. The molecule has 2 heterocycles. The van der Waals surface area contributed by atoms with Crippen LogP contribution in [0.1, 0.15) is 54.2 Å². The van der Waals surface area contributed by atoms with Gasteiger partial charge >= 0.3 is 0 Å². The van der Waals surface area contributed by atoms with Crippen molar-refractivity contribution in [3.05, 3.63) is 47.3 Å². The maximum Gasteiger partial charge on any atom is 0.273 e. The predicted molar refractivity (Wildman–Crippen MR) is 108 cm³/mol. The molecule has 7 heteroatoms. The summed E-state index contributed by atoms with van der Waals surface area (Å²) in [6.45, 7) is 8.18. The van der Waals surface area contributed by atoms with Crippen molar-refractivity contribution < 1.29 is 9.53 Å². The fraction of sp³-hybridized carbons (Fsp3) is 0.571. The third-order valence-corrected chi connectivity index (χ3v) is 5.29. The number of nitrogens with one attached hydrogen (secondary N) is 1. The highest BCUT2D eigenvalue weighted by molar-refractivity contribution is 5.91. The molecule has 0 unspecified atom stereocenters. The predicted octanol–water partition coefficient (Wildman–Crippen LogP) is 2.44. The molecule has 1 aromatic carbocycles. The van der Waals surface area contributed by atoms with Gasteiger partial charge < -0.3 is 10.1 Å². The van der Waals surface area contributed by atoms with Crippen LogP contribution in [0, 0.1) is 0 Å². The lowest BCUT2D eigenvalue weighted by molar-refractivity contribution is 0.0932. The van der Waals surface area contributed by atoms with Crippen LogP contribution in [0.2, 0.25) is 0 Å². The second kappa shape index (κ2) is 9.80. The lowest BCUT2D eigenvalue weighted by atomic mass is 10.0. The maximum atomic E-state index is 12.1. The minimum absolute atomic E-state index is 0.211. The number of benzene rings is 1. The first kappa shape index (κ1) is 20.5. The molecule has 0 aliphatic carbocycles. The summed E-state index contributed by atoms with van der Waals surface area (Å²) < 4.78 is 6.73. The average Bonchev–Trinajstić information content (AvgIpc) is 3.33. The molecule has 0 bridgehead atoms. The number of rotatable bonds is 9. The minimum Gasteiger partial charge on any atom is -0.383 e. The van der Waals surface area contributed by atoms with E-state index in [9.17, 15) is 4.79 Å². The molecule has 1 aliphatic rings. The van der Waals surface area contributed by atoms with E-state index in [0.29, 0.717) is 30.8 Å². The number of likely N-dealkylation sites (tertiary alicyclic amines) is 1. The Bertz CT molecular complexity index is 756. The van der Waals surface area contributed by atoms with Gasteiger partial charge in [-0.1, -0.05) is 43.3 Å². The van der Waals surface area contributed by atoms with Gasteiger partial charge in [0.05, 0.1) is 19.3 Å². The summed E-state index contributed by atoms with van der Waals surface area (Å²) in [5, 5.41) is 10.9. The number of carbonyl (C=O) groups is 1. The molecule has 1 saturated heterocycles. The van der Waals surface area contributed by atoms with E-state index in [0.717, 1.165) is 26.1 Å². The Hall–Kier alpha value is -2.25. The van der Waals surface area contributed by atoms with Gasteiger partial charge in [-0.2, -0.15) is 0 Å². The molecule has 0 spiro atoms. The number of ether oxygens (including phenoxy) is 1. The number of carbonyl (C=O) groups excluding carboxylic acids is 1. The van der Waals surface area contributed by atoms with Crippen molar-refractivity contribution >= 4 is 5.91 Å². The van der Waals surface area contributed by atoms with Crippen LogP contribution in [0.4, 0.5) is 0 Å². The van der Waals surface area contributed by atoms with Crippen LogP contribution in [-0.2, 0) is 17.8 Å². The Morgan fingerprint density at radius 2 is 2.11 bits per heavy atom. The average molecular weight is 386 g/mol. The monoisotopic (exact) mass is 385 g/mol. The van der Waals surface area contributed by atoms with Gasteiger partial charge in [0.15, 0.2) is 5.69 Å². The number of hydrogen-bond acceptors (Lipinski definition) is 5. The molecular formula is C21H31N5O2. The van der Waals surface area contributed by atoms with Crippen molar-refractivity contribution in [1.29, 1.82) is 0 Å². The van der Waals surface area contributed by atoms with Crippen molar-refractivity contribution in [2.45, 2.75) is 51.7 Å². The number of amides is 1. The molecule has 0 saturated carbocycles. The third-order valence-electron chi connectivity index (χ3n) is 5.29. The molecule has 3 rings (SSSR count).